The third-order valence-electron chi connectivity index (χ3n) is 4.80. The second-order valence-electron chi connectivity index (χ2n) is 6.44. The van der Waals surface area contributed by atoms with E-state index < -0.39 is 0 Å². The van der Waals surface area contributed by atoms with Crippen molar-refractivity contribution in [2.45, 2.75) is 25.5 Å². The number of carbonyl (C=O) groups is 2. The van der Waals surface area contributed by atoms with Crippen LogP contribution in [-0.4, -0.2) is 47.9 Å². The van der Waals surface area contributed by atoms with Gasteiger partial charge in [0.25, 0.3) is 5.17 Å². The summed E-state index contributed by atoms with van der Waals surface area (Å²) in [6.07, 6.45) is 0.766. The van der Waals surface area contributed by atoms with E-state index >= 15 is 0 Å². The average molecular weight is 373 g/mol. The number of ether oxygens (including phenoxy) is 2. The fourth-order valence-electron chi connectivity index (χ4n) is 3.53. The molecule has 1 saturated heterocycles. The maximum atomic E-state index is 12.2. The summed E-state index contributed by atoms with van der Waals surface area (Å²) in [5, 5.41) is 4.13. The Balaban J connectivity index is 1.56. The number of cyclic esters (lactones) is 1. The Labute approximate surface area is 155 Å². The van der Waals surface area contributed by atoms with Crippen molar-refractivity contribution < 1.29 is 19.1 Å². The molecule has 2 aromatic rings. The lowest BCUT2D eigenvalue weighted by atomic mass is 10.1. The van der Waals surface area contributed by atoms with E-state index in [1.807, 2.05) is 24.3 Å². The van der Waals surface area contributed by atoms with Gasteiger partial charge in [0.2, 0.25) is 0 Å². The number of carbonyl (C=O) groups excluding carboxylic acids is 2. The van der Waals surface area contributed by atoms with Crippen LogP contribution < -0.4 is 10.2 Å². The Hall–Kier alpha value is -2.61. The molecular formula is C18H19N3O4S. The molecule has 1 aromatic heterocycles. The number of fused-ring (bicyclic) bond motifs is 3. The molecule has 7 nitrogen and oxygen atoms in total. The van der Waals surface area contributed by atoms with Gasteiger partial charge in [-0.25, -0.2) is 4.79 Å². The minimum Gasteiger partial charge on any atom is -0.474 e. The highest BCUT2D eigenvalue weighted by Gasteiger charge is 2.32. The van der Waals surface area contributed by atoms with E-state index in [4.69, 9.17) is 21.7 Å². The van der Waals surface area contributed by atoms with E-state index in [1.165, 1.54) is 7.11 Å². The molecule has 1 aromatic carbocycles. The zero-order chi connectivity index (χ0) is 18.3. The number of hydrogen-bond acceptors (Lipinski definition) is 5. The number of nitrogens with zero attached hydrogens (tertiary/aromatic N) is 2. The Morgan fingerprint density at radius 1 is 1.38 bits per heavy atom. The van der Waals surface area contributed by atoms with Crippen LogP contribution in [-0.2, 0) is 16.0 Å². The summed E-state index contributed by atoms with van der Waals surface area (Å²) in [6.45, 7) is 1.67. The van der Waals surface area contributed by atoms with E-state index in [2.05, 4.69) is 9.88 Å². The molecule has 1 N–H and O–H groups in total. The molecular weight excluding hydrogens is 354 g/mol. The Bertz CT molecular complexity index is 907. The fourth-order valence-corrected chi connectivity index (χ4v) is 3.62. The SMILES string of the molecule is COC(=S)NC[C@H]1CN(c2ccc3c(c2)cc2n3CCCC2=O)C(=O)O1. The topological polar surface area (TPSA) is 72.8 Å². The number of Topliss-reactive ketones (excluding diaryl/α,β-unsaturated/α-hetero) is 1. The van der Waals surface area contributed by atoms with Crippen molar-refractivity contribution in [1.82, 2.24) is 9.88 Å². The van der Waals surface area contributed by atoms with Crippen molar-refractivity contribution in [2.75, 3.05) is 25.1 Å². The monoisotopic (exact) mass is 373 g/mol. The molecule has 0 unspecified atom stereocenters. The van der Waals surface area contributed by atoms with Gasteiger partial charge in [0.1, 0.15) is 6.10 Å². The first kappa shape index (κ1) is 16.8. The second kappa shape index (κ2) is 6.60. The van der Waals surface area contributed by atoms with Gasteiger partial charge in [-0.05, 0) is 42.9 Å². The standard InChI is InChI=1S/C18H19N3O4S/c1-24-17(26)19-9-13-10-21(18(23)25-13)12-4-5-14-11(7-12)8-15-16(22)3-2-6-20(14)15/h4-5,7-8,13H,2-3,6,9-10H2,1H3,(H,19,26)/t13-/m0/s1. The van der Waals surface area contributed by atoms with Gasteiger partial charge in [-0.1, -0.05) is 0 Å². The predicted molar refractivity (Wildman–Crippen MR) is 101 cm³/mol. The summed E-state index contributed by atoms with van der Waals surface area (Å²) in [5.74, 6) is 0.176. The zero-order valence-corrected chi connectivity index (χ0v) is 15.2. The van der Waals surface area contributed by atoms with Crippen molar-refractivity contribution in [3.63, 3.8) is 0 Å². The molecule has 2 aliphatic rings. The number of methoxy groups -OCH3 is 1. The molecule has 8 heteroatoms. The van der Waals surface area contributed by atoms with Crippen LogP contribution in [0.1, 0.15) is 23.3 Å². The van der Waals surface area contributed by atoms with E-state index in [0.29, 0.717) is 19.5 Å². The largest absolute Gasteiger partial charge is 0.474 e. The van der Waals surface area contributed by atoms with Gasteiger partial charge in [-0.3, -0.25) is 9.69 Å². The van der Waals surface area contributed by atoms with Crippen LogP contribution >= 0.6 is 12.2 Å². The van der Waals surface area contributed by atoms with Crippen molar-refractivity contribution in [2.24, 2.45) is 0 Å². The second-order valence-corrected chi connectivity index (χ2v) is 6.81. The fraction of sp³-hybridized carbons (Fsp3) is 0.389. The number of benzene rings is 1. The maximum Gasteiger partial charge on any atom is 0.414 e. The van der Waals surface area contributed by atoms with Crippen molar-refractivity contribution >= 4 is 45.9 Å². The Morgan fingerprint density at radius 2 is 2.23 bits per heavy atom. The number of hydrogen-bond donors (Lipinski definition) is 1. The summed E-state index contributed by atoms with van der Waals surface area (Å²) in [5.41, 5.74) is 2.53. The molecule has 0 bridgehead atoms. The molecule has 3 heterocycles. The molecule has 0 radical (unpaired) electrons. The van der Waals surface area contributed by atoms with E-state index in [0.717, 1.165) is 35.2 Å². The molecule has 0 aliphatic carbocycles. The molecule has 1 fully saturated rings. The van der Waals surface area contributed by atoms with Crippen LogP contribution in [0.4, 0.5) is 10.5 Å². The number of aromatic nitrogens is 1. The lowest BCUT2D eigenvalue weighted by Gasteiger charge is -2.16. The van der Waals surface area contributed by atoms with Gasteiger partial charge >= 0.3 is 6.09 Å². The number of amides is 1. The molecule has 2 aliphatic heterocycles. The first-order valence-electron chi connectivity index (χ1n) is 8.53. The summed E-state index contributed by atoms with van der Waals surface area (Å²) >= 11 is 4.93. The van der Waals surface area contributed by atoms with E-state index in [9.17, 15) is 9.59 Å². The highest BCUT2D eigenvalue weighted by atomic mass is 32.1. The molecule has 4 rings (SSSR count). The molecule has 136 valence electrons. The summed E-state index contributed by atoms with van der Waals surface area (Å²) in [4.78, 5) is 25.9. The van der Waals surface area contributed by atoms with Crippen LogP contribution in [0.5, 0.6) is 0 Å². The lowest BCUT2D eigenvalue weighted by Crippen LogP contribution is -2.34. The van der Waals surface area contributed by atoms with E-state index in [-0.39, 0.29) is 23.2 Å². The first-order chi connectivity index (χ1) is 12.6. The minimum absolute atomic E-state index is 0.176. The van der Waals surface area contributed by atoms with Crippen LogP contribution in [0.2, 0.25) is 0 Å². The summed E-state index contributed by atoms with van der Waals surface area (Å²) in [6, 6.07) is 7.71. The van der Waals surface area contributed by atoms with Gasteiger partial charge in [-0.15, -0.1) is 0 Å². The number of thiocarbonyl (C=S) groups is 1. The maximum absolute atomic E-state index is 12.2. The molecule has 26 heavy (non-hydrogen) atoms. The van der Waals surface area contributed by atoms with Crippen LogP contribution in [0.15, 0.2) is 24.3 Å². The lowest BCUT2D eigenvalue weighted by molar-refractivity contribution is 0.0956. The molecule has 1 amide bonds. The molecule has 1 atom stereocenters. The van der Waals surface area contributed by atoms with Crippen molar-refractivity contribution in [3.8, 4) is 0 Å². The highest BCUT2D eigenvalue weighted by molar-refractivity contribution is 7.80. The van der Waals surface area contributed by atoms with Crippen LogP contribution in [0, 0.1) is 0 Å². The smallest absolute Gasteiger partial charge is 0.414 e. The third-order valence-corrected chi connectivity index (χ3v) is 5.11. The summed E-state index contributed by atoms with van der Waals surface area (Å²) in [7, 11) is 1.49. The average Bonchev–Trinajstić information content (AvgIpc) is 3.20. The normalized spacial score (nSPS) is 19.4. The van der Waals surface area contributed by atoms with Gasteiger partial charge in [-0.2, -0.15) is 0 Å². The third kappa shape index (κ3) is 2.90. The van der Waals surface area contributed by atoms with Gasteiger partial charge < -0.3 is 19.4 Å². The number of rotatable bonds is 3. The number of ketones is 1. The molecule has 0 spiro atoms. The quantitative estimate of drug-likeness (QED) is 0.834. The van der Waals surface area contributed by atoms with Crippen LogP contribution in [0.3, 0.4) is 0 Å². The van der Waals surface area contributed by atoms with Gasteiger partial charge in [0, 0.05) is 29.6 Å². The Kier molecular flexibility index (Phi) is 4.28. The Morgan fingerprint density at radius 3 is 3.04 bits per heavy atom. The highest BCUT2D eigenvalue weighted by Crippen LogP contribution is 2.30. The van der Waals surface area contributed by atoms with Crippen molar-refractivity contribution in [1.29, 1.82) is 0 Å². The number of nitrogens with one attached hydrogen (secondary N) is 1. The van der Waals surface area contributed by atoms with Gasteiger partial charge in [0.15, 0.2) is 5.78 Å². The number of anilines is 1. The zero-order valence-electron chi connectivity index (χ0n) is 14.4. The molecule has 0 saturated carbocycles. The van der Waals surface area contributed by atoms with Gasteiger partial charge in [0.05, 0.1) is 25.9 Å². The van der Waals surface area contributed by atoms with E-state index in [1.54, 1.807) is 4.90 Å². The predicted octanol–water partition coefficient (Wildman–Crippen LogP) is 2.46. The minimum atomic E-state index is -0.389. The van der Waals surface area contributed by atoms with Crippen LogP contribution in [0.25, 0.3) is 10.9 Å². The first-order valence-corrected chi connectivity index (χ1v) is 8.94. The number of aryl methyl sites for hydroxylation is 1. The van der Waals surface area contributed by atoms with Crippen molar-refractivity contribution in [3.05, 3.63) is 30.0 Å². The summed E-state index contributed by atoms with van der Waals surface area (Å²) < 4.78 is 12.3.